The first-order valence-corrected chi connectivity index (χ1v) is 6.00. The topological polar surface area (TPSA) is 32.3 Å². The second-order valence-corrected chi connectivity index (χ2v) is 4.57. The van der Waals surface area contributed by atoms with Crippen molar-refractivity contribution in [3.8, 4) is 0 Å². The first-order valence-electron chi connectivity index (χ1n) is 6.00. The van der Waals surface area contributed by atoms with E-state index in [1.807, 2.05) is 0 Å². The molecule has 0 spiro atoms. The number of aliphatic hydroxyl groups is 1. The Balaban J connectivity index is 3.87. The molecule has 2 unspecified atom stereocenters. The summed E-state index contributed by atoms with van der Waals surface area (Å²) in [6, 6.07) is 0.863. The molecule has 2 atom stereocenters. The van der Waals surface area contributed by atoms with E-state index < -0.39 is 0 Å². The van der Waals surface area contributed by atoms with Crippen LogP contribution in [0, 0.1) is 5.92 Å². The highest BCUT2D eigenvalue weighted by atomic mass is 16.3. The average molecular weight is 201 g/mol. The highest BCUT2D eigenvalue weighted by Crippen LogP contribution is 2.08. The van der Waals surface area contributed by atoms with Crippen LogP contribution in [0.25, 0.3) is 0 Å². The summed E-state index contributed by atoms with van der Waals surface area (Å²) in [4.78, 5) is 0. The lowest BCUT2D eigenvalue weighted by Crippen LogP contribution is -2.41. The summed E-state index contributed by atoms with van der Waals surface area (Å²) in [5, 5.41) is 12.8. The molecule has 0 amide bonds. The maximum Gasteiger partial charge on any atom is 0.0584 e. The minimum atomic E-state index is 0.262. The van der Waals surface area contributed by atoms with Crippen molar-refractivity contribution >= 4 is 0 Å². The van der Waals surface area contributed by atoms with Crippen LogP contribution in [0.3, 0.4) is 0 Å². The molecule has 2 N–H and O–H groups in total. The maximum atomic E-state index is 9.23. The Morgan fingerprint density at radius 2 is 1.79 bits per heavy atom. The van der Waals surface area contributed by atoms with Crippen LogP contribution in [-0.4, -0.2) is 23.8 Å². The summed E-state index contributed by atoms with van der Waals surface area (Å²) in [7, 11) is 0. The molecule has 0 saturated heterocycles. The Kier molecular flexibility index (Phi) is 8.20. The van der Waals surface area contributed by atoms with Crippen LogP contribution < -0.4 is 5.32 Å². The molecule has 2 heteroatoms. The SMILES string of the molecule is CCCC(CC)NC(CO)CC(C)C. The molecule has 0 bridgehead atoms. The number of rotatable bonds is 8. The lowest BCUT2D eigenvalue weighted by Gasteiger charge is -2.24. The van der Waals surface area contributed by atoms with Gasteiger partial charge in [-0.25, -0.2) is 0 Å². The predicted molar refractivity (Wildman–Crippen MR) is 62.5 cm³/mol. The highest BCUT2D eigenvalue weighted by molar-refractivity contribution is 4.73. The van der Waals surface area contributed by atoms with E-state index in [0.29, 0.717) is 12.0 Å². The molecular formula is C12H27NO. The van der Waals surface area contributed by atoms with E-state index >= 15 is 0 Å². The quantitative estimate of drug-likeness (QED) is 0.632. The van der Waals surface area contributed by atoms with Gasteiger partial charge in [0.1, 0.15) is 0 Å². The molecule has 0 aliphatic heterocycles. The Labute approximate surface area is 89.1 Å². The van der Waals surface area contributed by atoms with E-state index in [9.17, 15) is 5.11 Å². The summed E-state index contributed by atoms with van der Waals surface area (Å²) in [5.74, 6) is 0.652. The lowest BCUT2D eigenvalue weighted by molar-refractivity contribution is 0.209. The van der Waals surface area contributed by atoms with Crippen molar-refractivity contribution in [2.24, 2.45) is 5.92 Å². The van der Waals surface area contributed by atoms with Crippen molar-refractivity contribution in [3.05, 3.63) is 0 Å². The number of hydrogen-bond donors (Lipinski definition) is 2. The molecule has 0 aromatic carbocycles. The molecule has 0 aliphatic rings. The summed E-state index contributed by atoms with van der Waals surface area (Å²) in [6.45, 7) is 9.08. The standard InChI is InChI=1S/C12H27NO/c1-5-7-11(6-2)13-12(9-14)8-10(3)4/h10-14H,5-9H2,1-4H3. The first-order chi connectivity index (χ1) is 6.63. The van der Waals surface area contributed by atoms with Gasteiger partial charge in [-0.15, -0.1) is 0 Å². The van der Waals surface area contributed by atoms with Gasteiger partial charge in [-0.1, -0.05) is 34.1 Å². The second-order valence-electron chi connectivity index (χ2n) is 4.57. The number of nitrogens with one attached hydrogen (secondary N) is 1. The van der Waals surface area contributed by atoms with Crippen LogP contribution in [0.1, 0.15) is 53.4 Å². The van der Waals surface area contributed by atoms with Crippen molar-refractivity contribution < 1.29 is 5.11 Å². The normalized spacial score (nSPS) is 15.9. The highest BCUT2D eigenvalue weighted by Gasteiger charge is 2.13. The van der Waals surface area contributed by atoms with Crippen molar-refractivity contribution in [1.82, 2.24) is 5.32 Å². The summed E-state index contributed by atoms with van der Waals surface area (Å²) in [5.41, 5.74) is 0. The minimum Gasteiger partial charge on any atom is -0.395 e. The fourth-order valence-corrected chi connectivity index (χ4v) is 1.85. The molecule has 0 heterocycles. The Hall–Kier alpha value is -0.0800. The van der Waals surface area contributed by atoms with E-state index in [1.165, 1.54) is 12.8 Å². The van der Waals surface area contributed by atoms with Crippen LogP contribution >= 0.6 is 0 Å². The van der Waals surface area contributed by atoms with Gasteiger partial charge in [0.15, 0.2) is 0 Å². The summed E-state index contributed by atoms with van der Waals surface area (Å²) in [6.07, 6.45) is 4.65. The third kappa shape index (κ3) is 6.39. The van der Waals surface area contributed by atoms with E-state index in [-0.39, 0.29) is 12.6 Å². The molecular weight excluding hydrogens is 174 g/mol. The van der Waals surface area contributed by atoms with Gasteiger partial charge in [-0.05, 0) is 25.2 Å². The van der Waals surface area contributed by atoms with E-state index in [2.05, 4.69) is 33.0 Å². The van der Waals surface area contributed by atoms with E-state index in [4.69, 9.17) is 0 Å². The third-order valence-corrected chi connectivity index (χ3v) is 2.58. The minimum absolute atomic E-state index is 0.262. The lowest BCUT2D eigenvalue weighted by atomic mass is 10.0. The molecule has 0 saturated carbocycles. The smallest absolute Gasteiger partial charge is 0.0584 e. The number of hydrogen-bond acceptors (Lipinski definition) is 2. The van der Waals surface area contributed by atoms with Crippen molar-refractivity contribution in [2.45, 2.75) is 65.5 Å². The Morgan fingerprint density at radius 1 is 1.14 bits per heavy atom. The molecule has 14 heavy (non-hydrogen) atoms. The predicted octanol–water partition coefficient (Wildman–Crippen LogP) is 2.56. The molecule has 86 valence electrons. The fourth-order valence-electron chi connectivity index (χ4n) is 1.85. The van der Waals surface area contributed by atoms with Crippen LogP contribution in [-0.2, 0) is 0 Å². The van der Waals surface area contributed by atoms with Crippen LogP contribution in [0.5, 0.6) is 0 Å². The van der Waals surface area contributed by atoms with Crippen molar-refractivity contribution in [2.75, 3.05) is 6.61 Å². The Morgan fingerprint density at radius 3 is 2.14 bits per heavy atom. The molecule has 0 aliphatic carbocycles. The van der Waals surface area contributed by atoms with Gasteiger partial charge in [0.05, 0.1) is 6.61 Å². The third-order valence-electron chi connectivity index (χ3n) is 2.58. The van der Waals surface area contributed by atoms with Crippen LogP contribution in [0.4, 0.5) is 0 Å². The maximum absolute atomic E-state index is 9.23. The summed E-state index contributed by atoms with van der Waals surface area (Å²) < 4.78 is 0. The van der Waals surface area contributed by atoms with Crippen LogP contribution in [0.15, 0.2) is 0 Å². The Bertz CT molecular complexity index is 125. The number of aliphatic hydroxyl groups excluding tert-OH is 1. The van der Waals surface area contributed by atoms with Crippen molar-refractivity contribution in [1.29, 1.82) is 0 Å². The fraction of sp³-hybridized carbons (Fsp3) is 1.00. The molecule has 2 nitrogen and oxygen atoms in total. The van der Waals surface area contributed by atoms with Gasteiger partial charge < -0.3 is 10.4 Å². The molecule has 0 rings (SSSR count). The molecule has 0 aromatic rings. The first kappa shape index (κ1) is 13.9. The molecule has 0 fully saturated rings. The van der Waals surface area contributed by atoms with Gasteiger partial charge in [0, 0.05) is 12.1 Å². The molecule has 0 aromatic heterocycles. The van der Waals surface area contributed by atoms with Gasteiger partial charge >= 0.3 is 0 Å². The molecule has 0 radical (unpaired) electrons. The van der Waals surface area contributed by atoms with Gasteiger partial charge in [-0.3, -0.25) is 0 Å². The van der Waals surface area contributed by atoms with E-state index in [1.54, 1.807) is 0 Å². The largest absolute Gasteiger partial charge is 0.395 e. The monoisotopic (exact) mass is 201 g/mol. The van der Waals surface area contributed by atoms with E-state index in [0.717, 1.165) is 12.8 Å². The zero-order chi connectivity index (χ0) is 11.0. The van der Waals surface area contributed by atoms with Gasteiger partial charge in [0.2, 0.25) is 0 Å². The van der Waals surface area contributed by atoms with Crippen molar-refractivity contribution in [3.63, 3.8) is 0 Å². The van der Waals surface area contributed by atoms with Gasteiger partial charge in [0.25, 0.3) is 0 Å². The summed E-state index contributed by atoms with van der Waals surface area (Å²) >= 11 is 0. The second kappa shape index (κ2) is 8.25. The average Bonchev–Trinajstić information content (AvgIpc) is 2.15. The van der Waals surface area contributed by atoms with Gasteiger partial charge in [-0.2, -0.15) is 0 Å². The zero-order valence-corrected chi connectivity index (χ0v) is 10.2. The zero-order valence-electron chi connectivity index (χ0n) is 10.2. The van der Waals surface area contributed by atoms with Crippen LogP contribution in [0.2, 0.25) is 0 Å².